The highest BCUT2D eigenvalue weighted by atomic mass is 35.5. The van der Waals surface area contributed by atoms with E-state index in [2.05, 4.69) is 65.5 Å². The van der Waals surface area contributed by atoms with Crippen LogP contribution in [-0.4, -0.2) is 60.2 Å². The van der Waals surface area contributed by atoms with E-state index in [0.29, 0.717) is 29.8 Å². The van der Waals surface area contributed by atoms with Gasteiger partial charge in [0.25, 0.3) is 0 Å². The lowest BCUT2D eigenvalue weighted by Gasteiger charge is -2.32. The summed E-state index contributed by atoms with van der Waals surface area (Å²) in [5.74, 6) is 2.74. The number of fused-ring (bicyclic) bond motifs is 2. The van der Waals surface area contributed by atoms with Gasteiger partial charge in [-0.1, -0.05) is 56.6 Å². The van der Waals surface area contributed by atoms with Crippen LogP contribution in [0.3, 0.4) is 0 Å². The SMILES string of the molecule is CC(C)(C)c1cc(NC(=O)CCCC2CCC(Oc3ccc4nnc(N5CCC(CO)CC5)n4c3)c3ccccc32)n(-c2ccc(O)c(Cl)c2)n1. The molecule has 5 aromatic rings. The average Bonchev–Trinajstić information content (AvgIpc) is 3.75. The van der Waals surface area contributed by atoms with Gasteiger partial charge in [-0.25, -0.2) is 4.68 Å². The smallest absolute Gasteiger partial charge is 0.231 e. The second-order valence-corrected chi connectivity index (χ2v) is 15.3. The Balaban J connectivity index is 0.996. The molecule has 2 aromatic carbocycles. The first-order chi connectivity index (χ1) is 24.6. The average molecular weight is 712 g/mol. The number of pyridine rings is 1. The van der Waals surface area contributed by atoms with Gasteiger partial charge in [-0.05, 0) is 91.8 Å². The number of benzene rings is 2. The number of aliphatic hydroxyl groups excluding tert-OH is 1. The number of phenolic OH excluding ortho intramolecular Hbond substituents is 1. The van der Waals surface area contributed by atoms with Crippen LogP contribution in [0.5, 0.6) is 11.5 Å². The summed E-state index contributed by atoms with van der Waals surface area (Å²) in [4.78, 5) is 15.5. The number of nitrogens with zero attached hydrogens (tertiary/aromatic N) is 6. The molecule has 0 spiro atoms. The molecule has 51 heavy (non-hydrogen) atoms. The number of aromatic hydroxyl groups is 1. The summed E-state index contributed by atoms with van der Waals surface area (Å²) in [7, 11) is 0. The number of phenols is 1. The molecule has 12 heteroatoms. The Morgan fingerprint density at radius 2 is 1.78 bits per heavy atom. The zero-order valence-electron chi connectivity index (χ0n) is 29.4. The highest BCUT2D eigenvalue weighted by Crippen LogP contribution is 2.42. The highest BCUT2D eigenvalue weighted by Gasteiger charge is 2.29. The molecule has 7 rings (SSSR count). The van der Waals surface area contributed by atoms with E-state index in [0.717, 1.165) is 74.7 Å². The normalized spacial score (nSPS) is 18.2. The predicted molar refractivity (Wildman–Crippen MR) is 198 cm³/mol. The minimum Gasteiger partial charge on any atom is -0.506 e. The maximum absolute atomic E-state index is 13.3. The fourth-order valence-electron chi connectivity index (χ4n) is 7.26. The highest BCUT2D eigenvalue weighted by molar-refractivity contribution is 6.32. The van der Waals surface area contributed by atoms with Gasteiger partial charge in [-0.15, -0.1) is 10.2 Å². The molecular formula is C39H46ClN7O4. The molecule has 1 aliphatic heterocycles. The minimum absolute atomic E-state index is 0.00888. The number of carbonyl (C=O) groups is 1. The lowest BCUT2D eigenvalue weighted by Crippen LogP contribution is -2.35. The molecule has 3 N–H and O–H groups in total. The van der Waals surface area contributed by atoms with Gasteiger partial charge < -0.3 is 25.2 Å². The minimum atomic E-state index is -0.230. The molecule has 1 saturated heterocycles. The first-order valence-electron chi connectivity index (χ1n) is 17.9. The maximum atomic E-state index is 13.3. The van der Waals surface area contributed by atoms with Gasteiger partial charge in [0.05, 0.1) is 22.6 Å². The molecule has 0 saturated carbocycles. The van der Waals surface area contributed by atoms with Crippen molar-refractivity contribution in [3.63, 3.8) is 0 Å². The summed E-state index contributed by atoms with van der Waals surface area (Å²) in [5.41, 5.74) is 4.51. The molecular weight excluding hydrogens is 666 g/mol. The first-order valence-corrected chi connectivity index (χ1v) is 18.3. The van der Waals surface area contributed by atoms with Crippen LogP contribution in [0.4, 0.5) is 11.8 Å². The fourth-order valence-corrected chi connectivity index (χ4v) is 7.44. The van der Waals surface area contributed by atoms with E-state index in [1.807, 2.05) is 28.8 Å². The lowest BCUT2D eigenvalue weighted by atomic mass is 9.79. The summed E-state index contributed by atoms with van der Waals surface area (Å²) in [6, 6.07) is 19.2. The van der Waals surface area contributed by atoms with Crippen molar-refractivity contribution in [1.82, 2.24) is 24.4 Å². The van der Waals surface area contributed by atoms with Crippen LogP contribution in [0.2, 0.25) is 5.02 Å². The monoisotopic (exact) mass is 711 g/mol. The van der Waals surface area contributed by atoms with Crippen molar-refractivity contribution in [1.29, 1.82) is 0 Å². The van der Waals surface area contributed by atoms with Gasteiger partial charge in [0, 0.05) is 37.6 Å². The van der Waals surface area contributed by atoms with Crippen molar-refractivity contribution >= 4 is 34.9 Å². The molecule has 1 fully saturated rings. The molecule has 1 amide bonds. The number of hydrogen-bond donors (Lipinski definition) is 3. The Morgan fingerprint density at radius 1 is 1.00 bits per heavy atom. The molecule has 0 radical (unpaired) electrons. The van der Waals surface area contributed by atoms with Crippen molar-refractivity contribution < 1.29 is 19.7 Å². The van der Waals surface area contributed by atoms with E-state index in [4.69, 9.17) is 21.4 Å². The number of aliphatic hydroxyl groups is 1. The van der Waals surface area contributed by atoms with Crippen molar-refractivity contribution in [2.75, 3.05) is 29.9 Å². The molecule has 1 aliphatic carbocycles. The number of nitrogens with one attached hydrogen (secondary N) is 1. The van der Waals surface area contributed by atoms with Crippen LogP contribution >= 0.6 is 11.6 Å². The largest absolute Gasteiger partial charge is 0.506 e. The van der Waals surface area contributed by atoms with Crippen LogP contribution < -0.4 is 15.0 Å². The van der Waals surface area contributed by atoms with Crippen molar-refractivity contribution in [3.8, 4) is 17.2 Å². The third-order valence-corrected chi connectivity index (χ3v) is 10.5. The lowest BCUT2D eigenvalue weighted by molar-refractivity contribution is -0.116. The van der Waals surface area contributed by atoms with E-state index in [1.54, 1.807) is 16.8 Å². The first kappa shape index (κ1) is 34.8. The summed E-state index contributed by atoms with van der Waals surface area (Å²) in [5, 5.41) is 36.4. The summed E-state index contributed by atoms with van der Waals surface area (Å²) < 4.78 is 10.3. The molecule has 2 aliphatic rings. The number of rotatable bonds is 10. The molecule has 2 atom stereocenters. The zero-order chi connectivity index (χ0) is 35.7. The number of carbonyl (C=O) groups excluding carboxylic acids is 1. The number of ether oxygens (including phenoxy) is 1. The third-order valence-electron chi connectivity index (χ3n) is 10.2. The summed E-state index contributed by atoms with van der Waals surface area (Å²) >= 11 is 6.20. The number of piperidine rings is 1. The van der Waals surface area contributed by atoms with Gasteiger partial charge in [-0.2, -0.15) is 5.10 Å². The van der Waals surface area contributed by atoms with Crippen LogP contribution in [0.15, 0.2) is 66.9 Å². The quantitative estimate of drug-likeness (QED) is 0.135. The van der Waals surface area contributed by atoms with Gasteiger partial charge in [0.15, 0.2) is 5.65 Å². The van der Waals surface area contributed by atoms with E-state index >= 15 is 0 Å². The van der Waals surface area contributed by atoms with E-state index in [9.17, 15) is 15.0 Å². The Kier molecular flexibility index (Phi) is 9.94. The third kappa shape index (κ3) is 7.55. The van der Waals surface area contributed by atoms with Crippen molar-refractivity contribution in [2.24, 2.45) is 5.92 Å². The van der Waals surface area contributed by atoms with E-state index in [-0.39, 0.29) is 34.8 Å². The van der Waals surface area contributed by atoms with E-state index in [1.165, 1.54) is 17.2 Å². The molecule has 2 unspecified atom stereocenters. The van der Waals surface area contributed by atoms with Gasteiger partial charge >= 0.3 is 0 Å². The number of amides is 1. The molecule has 4 heterocycles. The van der Waals surface area contributed by atoms with Crippen LogP contribution in [0.1, 0.15) is 94.6 Å². The fraction of sp³-hybridized carbons (Fsp3) is 0.436. The van der Waals surface area contributed by atoms with Crippen LogP contribution in [0, 0.1) is 5.92 Å². The molecule has 0 bridgehead atoms. The predicted octanol–water partition coefficient (Wildman–Crippen LogP) is 7.59. The van der Waals surface area contributed by atoms with Gasteiger partial charge in [0.2, 0.25) is 11.9 Å². The maximum Gasteiger partial charge on any atom is 0.231 e. The number of hydrogen-bond acceptors (Lipinski definition) is 8. The standard InChI is InChI=1S/C39H46ClN7O4/c1-39(2,3)34-22-36(47(44-34)27-12-14-32(49)31(40)21-27)41-37(50)10-6-7-26-11-15-33(30-9-5-4-8-29(26)30)51-28-13-16-35-42-43-38(46(35)23-28)45-19-17-25(24-48)18-20-45/h4-5,8-9,12-14,16,21-23,25-26,33,48-49H,6-7,10-11,15,17-20,24H2,1-3H3,(H,41,50). The second-order valence-electron chi connectivity index (χ2n) is 14.9. The second kappa shape index (κ2) is 14.6. The van der Waals surface area contributed by atoms with Gasteiger partial charge in [0.1, 0.15) is 23.4 Å². The number of anilines is 2. The van der Waals surface area contributed by atoms with Crippen molar-refractivity contribution in [3.05, 3.63) is 88.7 Å². The number of aromatic nitrogens is 5. The molecule has 11 nitrogen and oxygen atoms in total. The van der Waals surface area contributed by atoms with Crippen molar-refractivity contribution in [2.45, 2.75) is 83.2 Å². The molecule has 3 aromatic heterocycles. The van der Waals surface area contributed by atoms with Crippen LogP contribution in [-0.2, 0) is 10.2 Å². The number of halogens is 1. The van der Waals surface area contributed by atoms with Crippen LogP contribution in [0.25, 0.3) is 11.3 Å². The Morgan fingerprint density at radius 3 is 2.53 bits per heavy atom. The Labute approximate surface area is 303 Å². The summed E-state index contributed by atoms with van der Waals surface area (Å²) in [6.07, 6.45) is 7.63. The Bertz CT molecular complexity index is 2010. The molecule has 268 valence electrons. The zero-order valence-corrected chi connectivity index (χ0v) is 30.2. The van der Waals surface area contributed by atoms with Gasteiger partial charge in [-0.3, -0.25) is 9.20 Å². The topological polar surface area (TPSA) is 130 Å². The summed E-state index contributed by atoms with van der Waals surface area (Å²) in [6.45, 7) is 8.13. The Hall–Kier alpha value is -4.61. The van der Waals surface area contributed by atoms with E-state index < -0.39 is 0 Å².